The summed E-state index contributed by atoms with van der Waals surface area (Å²) in [7, 11) is 1.53. The van der Waals surface area contributed by atoms with Crippen molar-refractivity contribution in [2.45, 2.75) is 38.4 Å². The lowest BCUT2D eigenvalue weighted by molar-refractivity contribution is -0.131. The van der Waals surface area contributed by atoms with Crippen LogP contribution in [0, 0.1) is 6.92 Å². The second-order valence-electron chi connectivity index (χ2n) is 9.24. The maximum absolute atomic E-state index is 12.8. The van der Waals surface area contributed by atoms with Gasteiger partial charge in [-0.05, 0) is 55.7 Å². The Hall–Kier alpha value is -4.21. The Kier molecular flexibility index (Phi) is 6.88. The third-order valence-electron chi connectivity index (χ3n) is 6.29. The Labute approximate surface area is 217 Å². The fourth-order valence-corrected chi connectivity index (χ4v) is 4.20. The molecule has 2 N–H and O–H groups in total. The largest absolute Gasteiger partial charge is 0.493 e. The maximum atomic E-state index is 12.8. The number of carbonyl (C=O) groups is 1. The third kappa shape index (κ3) is 5.69. The average Bonchev–Trinajstić information content (AvgIpc) is 3.58. The highest BCUT2D eigenvalue weighted by Crippen LogP contribution is 2.36. The van der Waals surface area contributed by atoms with Crippen LogP contribution < -0.4 is 20.1 Å². The first-order valence-electron chi connectivity index (χ1n) is 12.3. The lowest BCUT2D eigenvalue weighted by atomic mass is 10.1. The summed E-state index contributed by atoms with van der Waals surface area (Å²) in [6, 6.07) is 16.2. The molecule has 5 rings (SSSR count). The Morgan fingerprint density at radius 2 is 1.87 bits per heavy atom. The summed E-state index contributed by atoms with van der Waals surface area (Å²) in [5.74, 6) is 1.28. The number of amides is 1. The number of benzene rings is 3. The minimum Gasteiger partial charge on any atom is -0.493 e. The van der Waals surface area contributed by atoms with Crippen LogP contribution in [-0.4, -0.2) is 41.3 Å². The predicted octanol–water partition coefficient (Wildman–Crippen LogP) is 6.39. The molecule has 0 radical (unpaired) electrons. The summed E-state index contributed by atoms with van der Waals surface area (Å²) in [4.78, 5) is 17.1. The minimum absolute atomic E-state index is 0.101. The maximum Gasteiger partial charge on any atom is 0.390 e. The van der Waals surface area contributed by atoms with Gasteiger partial charge >= 0.3 is 6.18 Å². The van der Waals surface area contributed by atoms with E-state index in [1.54, 1.807) is 42.7 Å². The van der Waals surface area contributed by atoms with Crippen LogP contribution in [0.2, 0.25) is 0 Å². The quantitative estimate of drug-likeness (QED) is 0.265. The van der Waals surface area contributed by atoms with Crippen LogP contribution in [0.1, 0.15) is 35.2 Å². The number of aryl methyl sites for hydroxylation is 1. The van der Waals surface area contributed by atoms with E-state index < -0.39 is 12.6 Å². The van der Waals surface area contributed by atoms with Crippen molar-refractivity contribution in [3.8, 4) is 22.9 Å². The molecular weight excluding hydrogens is 497 g/mol. The molecule has 0 spiro atoms. The van der Waals surface area contributed by atoms with Gasteiger partial charge in [-0.3, -0.25) is 9.36 Å². The van der Waals surface area contributed by atoms with Crippen LogP contribution in [0.4, 0.5) is 18.9 Å². The number of hydrogen-bond donors (Lipinski definition) is 2. The second kappa shape index (κ2) is 10.3. The van der Waals surface area contributed by atoms with Crippen molar-refractivity contribution in [3.05, 3.63) is 72.1 Å². The van der Waals surface area contributed by atoms with Crippen LogP contribution in [-0.2, 0) is 0 Å². The first kappa shape index (κ1) is 25.4. The van der Waals surface area contributed by atoms with E-state index in [2.05, 4.69) is 15.6 Å². The fraction of sp³-hybridized carbons (Fsp3) is 0.286. The predicted molar refractivity (Wildman–Crippen MR) is 139 cm³/mol. The van der Waals surface area contributed by atoms with Gasteiger partial charge in [-0.25, -0.2) is 4.98 Å². The van der Waals surface area contributed by atoms with Crippen LogP contribution >= 0.6 is 0 Å². The van der Waals surface area contributed by atoms with E-state index in [0.717, 1.165) is 24.1 Å². The molecule has 1 amide bonds. The minimum atomic E-state index is -4.29. The Bertz CT molecular complexity index is 1480. The van der Waals surface area contributed by atoms with Crippen molar-refractivity contribution in [1.29, 1.82) is 0 Å². The van der Waals surface area contributed by atoms with Gasteiger partial charge in [0.05, 0.1) is 24.7 Å². The van der Waals surface area contributed by atoms with Crippen LogP contribution in [0.15, 0.2) is 60.9 Å². The molecule has 198 valence electrons. The molecule has 3 aromatic carbocycles. The van der Waals surface area contributed by atoms with E-state index in [0.29, 0.717) is 39.5 Å². The van der Waals surface area contributed by atoms with Crippen molar-refractivity contribution in [1.82, 2.24) is 14.9 Å². The van der Waals surface area contributed by atoms with Gasteiger partial charge in [0.15, 0.2) is 11.5 Å². The molecular formula is C28H27F3N4O3. The first-order valence-corrected chi connectivity index (χ1v) is 12.3. The van der Waals surface area contributed by atoms with Gasteiger partial charge in [0.1, 0.15) is 17.6 Å². The molecule has 1 aliphatic carbocycles. The fourth-order valence-electron chi connectivity index (χ4n) is 4.20. The normalized spacial score (nSPS) is 13.4. The van der Waals surface area contributed by atoms with Gasteiger partial charge in [-0.15, -0.1) is 0 Å². The highest BCUT2D eigenvalue weighted by molar-refractivity contribution is 5.96. The second-order valence-corrected chi connectivity index (χ2v) is 9.24. The molecule has 1 fully saturated rings. The van der Waals surface area contributed by atoms with Crippen LogP contribution in [0.5, 0.6) is 17.2 Å². The number of anilines is 1. The number of imidazole rings is 1. The number of rotatable bonds is 9. The summed E-state index contributed by atoms with van der Waals surface area (Å²) in [5, 5.41) is 5.86. The number of hydrogen-bond acceptors (Lipinski definition) is 5. The number of para-hydroxylation sites is 2. The molecule has 38 heavy (non-hydrogen) atoms. The monoisotopic (exact) mass is 524 g/mol. The van der Waals surface area contributed by atoms with E-state index >= 15 is 0 Å². The van der Waals surface area contributed by atoms with Crippen molar-refractivity contribution in [2.75, 3.05) is 19.0 Å². The van der Waals surface area contributed by atoms with E-state index in [4.69, 9.17) is 9.47 Å². The number of carbonyl (C=O) groups excluding carboxylic acids is 1. The van der Waals surface area contributed by atoms with E-state index in [1.807, 2.05) is 29.7 Å². The highest BCUT2D eigenvalue weighted by Gasteiger charge is 2.27. The van der Waals surface area contributed by atoms with Crippen molar-refractivity contribution in [3.63, 3.8) is 0 Å². The Morgan fingerprint density at radius 3 is 2.55 bits per heavy atom. The summed E-state index contributed by atoms with van der Waals surface area (Å²) >= 11 is 0. The highest BCUT2D eigenvalue weighted by atomic mass is 19.4. The van der Waals surface area contributed by atoms with Gasteiger partial charge in [-0.1, -0.05) is 12.1 Å². The summed E-state index contributed by atoms with van der Waals surface area (Å²) < 4.78 is 51.7. The van der Waals surface area contributed by atoms with Gasteiger partial charge in [-0.2, -0.15) is 13.2 Å². The molecule has 10 heteroatoms. The molecule has 0 saturated heterocycles. The molecule has 0 bridgehead atoms. The third-order valence-corrected chi connectivity index (χ3v) is 6.29. The van der Waals surface area contributed by atoms with Gasteiger partial charge < -0.3 is 20.1 Å². The van der Waals surface area contributed by atoms with E-state index in [-0.39, 0.29) is 18.5 Å². The van der Waals surface area contributed by atoms with Crippen LogP contribution in [0.3, 0.4) is 0 Å². The van der Waals surface area contributed by atoms with Gasteiger partial charge in [0, 0.05) is 36.0 Å². The SMILES string of the molecule is COc1ccccc1Oc1cc(NCCC(F)(F)F)c2ncn(-c3ccc(C(=O)NC4CC4)c(C)c3)c2c1. The van der Waals surface area contributed by atoms with Crippen molar-refractivity contribution < 1.29 is 27.4 Å². The number of nitrogens with zero attached hydrogens (tertiary/aromatic N) is 2. The molecule has 7 nitrogen and oxygen atoms in total. The lowest BCUT2D eigenvalue weighted by Gasteiger charge is -2.15. The van der Waals surface area contributed by atoms with E-state index in [1.165, 1.54) is 7.11 Å². The number of nitrogens with one attached hydrogen (secondary N) is 2. The topological polar surface area (TPSA) is 77.4 Å². The summed E-state index contributed by atoms with van der Waals surface area (Å²) in [5.41, 5.74) is 3.68. The average molecular weight is 525 g/mol. The molecule has 1 aliphatic rings. The lowest BCUT2D eigenvalue weighted by Crippen LogP contribution is -2.26. The first-order chi connectivity index (χ1) is 18.2. The number of methoxy groups -OCH3 is 1. The number of halogens is 3. The zero-order valence-electron chi connectivity index (χ0n) is 20.9. The van der Waals surface area contributed by atoms with Gasteiger partial charge in [0.25, 0.3) is 5.91 Å². The Morgan fingerprint density at radius 1 is 1.11 bits per heavy atom. The van der Waals surface area contributed by atoms with E-state index in [9.17, 15) is 18.0 Å². The molecule has 1 aromatic heterocycles. The molecule has 0 atom stereocenters. The number of aromatic nitrogens is 2. The molecule has 4 aromatic rings. The molecule has 1 saturated carbocycles. The molecule has 0 aliphatic heterocycles. The van der Waals surface area contributed by atoms with Crippen molar-refractivity contribution >= 4 is 22.6 Å². The number of ether oxygens (including phenoxy) is 2. The smallest absolute Gasteiger partial charge is 0.390 e. The molecule has 1 heterocycles. The molecule has 0 unspecified atom stereocenters. The summed E-state index contributed by atoms with van der Waals surface area (Å²) in [6.07, 6.45) is -1.67. The Balaban J connectivity index is 1.52. The number of alkyl halides is 3. The zero-order chi connectivity index (χ0) is 26.9. The summed E-state index contributed by atoms with van der Waals surface area (Å²) in [6.45, 7) is 1.55. The van der Waals surface area contributed by atoms with Crippen molar-refractivity contribution in [2.24, 2.45) is 0 Å². The number of fused-ring (bicyclic) bond motifs is 1. The zero-order valence-corrected chi connectivity index (χ0v) is 20.9. The van der Waals surface area contributed by atoms with Gasteiger partial charge in [0.2, 0.25) is 0 Å². The standard InChI is InChI=1S/C28H27F3N4O3/c1-17-13-19(9-10-21(17)27(36)34-18-7-8-18)35-16-33-26-22(32-12-11-28(29,30)31)14-20(15-23(26)35)38-25-6-4-3-5-24(25)37-2/h3-6,9-10,13-16,18,32H,7-8,11-12H2,1-2H3,(H,34,36). The van der Waals surface area contributed by atoms with Crippen LogP contribution in [0.25, 0.3) is 16.7 Å².